The van der Waals surface area contributed by atoms with E-state index in [9.17, 15) is 13.2 Å². The van der Waals surface area contributed by atoms with Gasteiger partial charge in [-0.2, -0.15) is 13.2 Å². The smallest absolute Gasteiger partial charge is 0.434 e. The van der Waals surface area contributed by atoms with E-state index >= 15 is 0 Å². The van der Waals surface area contributed by atoms with Gasteiger partial charge in [-0.15, -0.1) is 0 Å². The van der Waals surface area contributed by atoms with Crippen molar-refractivity contribution in [1.29, 1.82) is 0 Å². The van der Waals surface area contributed by atoms with Crippen molar-refractivity contribution in [1.82, 2.24) is 19.4 Å². The molecule has 2 aromatic heterocycles. The standard InChI is InChI=1S/C16H21F3N4O/c1-10-11(2)24-15(20-10)9-22(3)6-12-4-5-14-21-13(16(17,18)19)8-23(14)7-12/h8,12H,4-7,9H2,1-3H3/t12-/m0/s1. The molecule has 1 aliphatic heterocycles. The summed E-state index contributed by atoms with van der Waals surface area (Å²) in [6.45, 7) is 5.72. The summed E-state index contributed by atoms with van der Waals surface area (Å²) in [4.78, 5) is 10.2. The average molecular weight is 342 g/mol. The van der Waals surface area contributed by atoms with Crippen LogP contribution in [0.2, 0.25) is 0 Å². The first-order valence-electron chi connectivity index (χ1n) is 7.97. The van der Waals surface area contributed by atoms with Gasteiger partial charge >= 0.3 is 6.18 Å². The Bertz CT molecular complexity index is 700. The molecule has 0 radical (unpaired) electrons. The highest BCUT2D eigenvalue weighted by molar-refractivity contribution is 5.10. The summed E-state index contributed by atoms with van der Waals surface area (Å²) in [7, 11) is 1.97. The zero-order valence-corrected chi connectivity index (χ0v) is 14.0. The quantitative estimate of drug-likeness (QED) is 0.856. The molecule has 8 heteroatoms. The molecule has 0 saturated heterocycles. The first-order chi connectivity index (χ1) is 11.2. The molecule has 3 rings (SSSR count). The van der Waals surface area contributed by atoms with Crippen LogP contribution in [0.3, 0.4) is 0 Å². The van der Waals surface area contributed by atoms with Crippen LogP contribution in [0.5, 0.6) is 0 Å². The second-order valence-electron chi connectivity index (χ2n) is 6.54. The highest BCUT2D eigenvalue weighted by Gasteiger charge is 2.35. The van der Waals surface area contributed by atoms with E-state index in [1.807, 2.05) is 20.9 Å². The lowest BCUT2D eigenvalue weighted by Crippen LogP contribution is -2.31. The van der Waals surface area contributed by atoms with Crippen molar-refractivity contribution >= 4 is 0 Å². The number of halogens is 3. The van der Waals surface area contributed by atoms with Gasteiger partial charge < -0.3 is 8.98 Å². The van der Waals surface area contributed by atoms with E-state index < -0.39 is 11.9 Å². The van der Waals surface area contributed by atoms with Gasteiger partial charge in [-0.25, -0.2) is 9.97 Å². The summed E-state index contributed by atoms with van der Waals surface area (Å²) in [6, 6.07) is 0. The molecule has 0 unspecified atom stereocenters. The van der Waals surface area contributed by atoms with Crippen molar-refractivity contribution in [2.75, 3.05) is 13.6 Å². The lowest BCUT2D eigenvalue weighted by molar-refractivity contribution is -0.141. The maximum Gasteiger partial charge on any atom is 0.434 e. The van der Waals surface area contributed by atoms with Gasteiger partial charge in [0.15, 0.2) is 5.69 Å². The number of oxazole rings is 1. The molecule has 0 N–H and O–H groups in total. The predicted molar refractivity (Wildman–Crippen MR) is 81.4 cm³/mol. The van der Waals surface area contributed by atoms with Gasteiger partial charge in [0.1, 0.15) is 11.6 Å². The Balaban J connectivity index is 1.60. The molecule has 24 heavy (non-hydrogen) atoms. The topological polar surface area (TPSA) is 47.1 Å². The Morgan fingerprint density at radius 3 is 2.71 bits per heavy atom. The molecule has 0 saturated carbocycles. The molecule has 1 aliphatic rings. The molecule has 3 heterocycles. The van der Waals surface area contributed by atoms with Crippen LogP contribution in [-0.2, 0) is 25.7 Å². The normalized spacial score (nSPS) is 18.2. The molecular formula is C16H21F3N4O. The fraction of sp³-hybridized carbons (Fsp3) is 0.625. The molecule has 0 bridgehead atoms. The number of nitrogens with zero attached hydrogens (tertiary/aromatic N) is 4. The molecule has 5 nitrogen and oxygen atoms in total. The zero-order valence-electron chi connectivity index (χ0n) is 14.0. The third-order valence-electron chi connectivity index (χ3n) is 4.43. The van der Waals surface area contributed by atoms with E-state index in [-0.39, 0.29) is 5.92 Å². The summed E-state index contributed by atoms with van der Waals surface area (Å²) in [5, 5.41) is 0. The lowest BCUT2D eigenvalue weighted by atomic mass is 9.99. The van der Waals surface area contributed by atoms with Gasteiger partial charge in [-0.1, -0.05) is 0 Å². The third-order valence-corrected chi connectivity index (χ3v) is 4.43. The molecule has 1 atom stereocenters. The van der Waals surface area contributed by atoms with Crippen LogP contribution >= 0.6 is 0 Å². The lowest BCUT2D eigenvalue weighted by Gasteiger charge is -2.27. The van der Waals surface area contributed by atoms with E-state index in [1.54, 1.807) is 4.57 Å². The summed E-state index contributed by atoms with van der Waals surface area (Å²) in [6.07, 6.45) is -1.84. The van der Waals surface area contributed by atoms with E-state index in [2.05, 4.69) is 14.9 Å². The number of hydrogen-bond acceptors (Lipinski definition) is 4. The van der Waals surface area contributed by atoms with Gasteiger partial charge in [-0.05, 0) is 33.2 Å². The van der Waals surface area contributed by atoms with Crippen LogP contribution in [0.4, 0.5) is 13.2 Å². The van der Waals surface area contributed by atoms with Gasteiger partial charge in [0.2, 0.25) is 5.89 Å². The molecule has 0 amide bonds. The minimum absolute atomic E-state index is 0.287. The number of aryl methyl sites for hydroxylation is 3. The van der Waals surface area contributed by atoms with E-state index in [4.69, 9.17) is 4.42 Å². The first kappa shape index (κ1) is 17.0. The van der Waals surface area contributed by atoms with Crippen LogP contribution in [-0.4, -0.2) is 33.0 Å². The Labute approximate surface area is 138 Å². The number of imidazole rings is 1. The van der Waals surface area contributed by atoms with Crippen LogP contribution in [0, 0.1) is 19.8 Å². The molecule has 132 valence electrons. The summed E-state index contributed by atoms with van der Waals surface area (Å²) in [5.74, 6) is 2.31. The fourth-order valence-electron chi connectivity index (χ4n) is 3.14. The minimum Gasteiger partial charge on any atom is -0.444 e. The molecule has 0 fully saturated rings. The number of fused-ring (bicyclic) bond motifs is 1. The predicted octanol–water partition coefficient (Wildman–Crippen LogP) is 3.20. The minimum atomic E-state index is -4.38. The highest BCUT2D eigenvalue weighted by atomic mass is 19.4. The average Bonchev–Trinajstić information content (AvgIpc) is 3.02. The van der Waals surface area contributed by atoms with Crippen LogP contribution < -0.4 is 0 Å². The number of hydrogen-bond donors (Lipinski definition) is 0. The molecule has 0 aliphatic carbocycles. The fourth-order valence-corrected chi connectivity index (χ4v) is 3.14. The van der Waals surface area contributed by atoms with Crippen LogP contribution in [0.1, 0.15) is 35.3 Å². The van der Waals surface area contributed by atoms with E-state index in [0.717, 1.165) is 30.6 Å². The van der Waals surface area contributed by atoms with Crippen molar-refractivity contribution in [3.8, 4) is 0 Å². The second kappa shape index (κ2) is 6.23. The number of rotatable bonds is 4. The van der Waals surface area contributed by atoms with Gasteiger partial charge in [0.25, 0.3) is 0 Å². The van der Waals surface area contributed by atoms with Crippen molar-refractivity contribution in [2.24, 2.45) is 5.92 Å². The number of aromatic nitrogens is 3. The van der Waals surface area contributed by atoms with Gasteiger partial charge in [0, 0.05) is 25.7 Å². The van der Waals surface area contributed by atoms with E-state index in [1.165, 1.54) is 0 Å². The second-order valence-corrected chi connectivity index (χ2v) is 6.54. The SMILES string of the molecule is Cc1nc(CN(C)C[C@@H]2CCc3nc(C(F)(F)F)cn3C2)oc1C. The summed E-state index contributed by atoms with van der Waals surface area (Å²) < 4.78 is 45.5. The Kier molecular flexibility index (Phi) is 4.42. The zero-order chi connectivity index (χ0) is 17.5. The molecular weight excluding hydrogens is 321 g/mol. The number of alkyl halides is 3. The molecule has 0 spiro atoms. The Hall–Kier alpha value is -1.83. The monoisotopic (exact) mass is 342 g/mol. The van der Waals surface area contributed by atoms with Crippen molar-refractivity contribution in [2.45, 2.75) is 46.0 Å². The Morgan fingerprint density at radius 1 is 1.33 bits per heavy atom. The summed E-state index contributed by atoms with van der Waals surface area (Å²) >= 11 is 0. The maximum absolute atomic E-state index is 12.8. The summed E-state index contributed by atoms with van der Waals surface area (Å²) in [5.41, 5.74) is 0.0936. The largest absolute Gasteiger partial charge is 0.444 e. The third kappa shape index (κ3) is 3.63. The Morgan fingerprint density at radius 2 is 2.08 bits per heavy atom. The maximum atomic E-state index is 12.8. The van der Waals surface area contributed by atoms with Crippen molar-refractivity contribution in [3.05, 3.63) is 35.1 Å². The molecule has 2 aromatic rings. The molecule has 0 aromatic carbocycles. The van der Waals surface area contributed by atoms with E-state index in [0.29, 0.717) is 31.2 Å². The van der Waals surface area contributed by atoms with Crippen molar-refractivity contribution in [3.63, 3.8) is 0 Å². The van der Waals surface area contributed by atoms with Crippen LogP contribution in [0.25, 0.3) is 0 Å². The van der Waals surface area contributed by atoms with Crippen LogP contribution in [0.15, 0.2) is 10.6 Å². The van der Waals surface area contributed by atoms with Gasteiger partial charge in [0.05, 0.1) is 12.2 Å². The highest BCUT2D eigenvalue weighted by Crippen LogP contribution is 2.30. The van der Waals surface area contributed by atoms with Gasteiger partial charge in [-0.3, -0.25) is 4.90 Å². The van der Waals surface area contributed by atoms with Crippen molar-refractivity contribution < 1.29 is 17.6 Å². The first-order valence-corrected chi connectivity index (χ1v) is 7.97.